The highest BCUT2D eigenvalue weighted by molar-refractivity contribution is 7.89. The summed E-state index contributed by atoms with van der Waals surface area (Å²) < 4.78 is 34.3. The van der Waals surface area contributed by atoms with E-state index in [1.807, 2.05) is 18.2 Å². The van der Waals surface area contributed by atoms with E-state index in [1.165, 1.54) is 0 Å². The van der Waals surface area contributed by atoms with Crippen LogP contribution in [0, 0.1) is 0 Å². The van der Waals surface area contributed by atoms with Crippen LogP contribution in [0.2, 0.25) is 5.02 Å². The van der Waals surface area contributed by atoms with Crippen molar-refractivity contribution in [3.63, 3.8) is 0 Å². The molecule has 8 heteroatoms. The maximum Gasteiger partial charge on any atom is 0.238 e. The van der Waals surface area contributed by atoms with Crippen LogP contribution in [0.25, 0.3) is 0 Å². The van der Waals surface area contributed by atoms with Crippen molar-refractivity contribution in [1.82, 2.24) is 0 Å². The number of anilines is 1. The van der Waals surface area contributed by atoms with Crippen molar-refractivity contribution in [2.45, 2.75) is 37.4 Å². The fourth-order valence-electron chi connectivity index (χ4n) is 3.65. The lowest BCUT2D eigenvalue weighted by Gasteiger charge is -2.28. The topological polar surface area (TPSA) is 81.9 Å². The summed E-state index contributed by atoms with van der Waals surface area (Å²) in [5.41, 5.74) is 3.91. The van der Waals surface area contributed by atoms with Gasteiger partial charge < -0.3 is 14.4 Å². The van der Waals surface area contributed by atoms with Gasteiger partial charge in [0.1, 0.15) is 5.75 Å². The molecule has 0 fully saturated rings. The zero-order valence-electron chi connectivity index (χ0n) is 14.2. The minimum Gasteiger partial charge on any atom is -0.467 e. The van der Waals surface area contributed by atoms with Crippen molar-refractivity contribution in [2.75, 3.05) is 11.7 Å². The third-order valence-electron chi connectivity index (χ3n) is 4.83. The molecule has 0 saturated carbocycles. The predicted molar refractivity (Wildman–Crippen MR) is 98.9 cm³/mol. The van der Waals surface area contributed by atoms with Crippen LogP contribution in [-0.2, 0) is 34.3 Å². The summed E-state index contributed by atoms with van der Waals surface area (Å²) in [7, 11) is -3.71. The van der Waals surface area contributed by atoms with Gasteiger partial charge in [-0.05, 0) is 49.2 Å². The molecular weight excluding hydrogens is 376 g/mol. The molecule has 2 aromatic rings. The van der Waals surface area contributed by atoms with Crippen LogP contribution in [0.1, 0.15) is 23.6 Å². The molecule has 2 aliphatic rings. The SMILES string of the molecule is CC1Cc2cc(S(N)(=O)=O)ccc2N1Cc1cc(Cl)cc2c1OCOC2. The van der Waals surface area contributed by atoms with Crippen LogP contribution in [-0.4, -0.2) is 21.3 Å². The van der Waals surface area contributed by atoms with Crippen LogP contribution < -0.4 is 14.8 Å². The number of ether oxygens (including phenoxy) is 2. The van der Waals surface area contributed by atoms with Gasteiger partial charge in [0, 0.05) is 34.4 Å². The van der Waals surface area contributed by atoms with Crippen LogP contribution in [0.5, 0.6) is 5.75 Å². The maximum atomic E-state index is 11.6. The number of hydrogen-bond donors (Lipinski definition) is 1. The number of nitrogens with zero attached hydrogens (tertiary/aromatic N) is 1. The molecule has 0 aromatic heterocycles. The molecule has 2 heterocycles. The Balaban J connectivity index is 1.70. The summed E-state index contributed by atoms with van der Waals surface area (Å²) in [6.07, 6.45) is 0.755. The average Bonchev–Trinajstić information content (AvgIpc) is 2.89. The highest BCUT2D eigenvalue weighted by Gasteiger charge is 2.29. The first kappa shape index (κ1) is 17.6. The molecule has 2 aliphatic heterocycles. The van der Waals surface area contributed by atoms with Gasteiger partial charge in [0.25, 0.3) is 0 Å². The number of primary sulfonamides is 1. The van der Waals surface area contributed by atoms with Crippen molar-refractivity contribution in [2.24, 2.45) is 5.14 Å². The Morgan fingerprint density at radius 2 is 2.08 bits per heavy atom. The summed E-state index contributed by atoms with van der Waals surface area (Å²) in [5, 5.41) is 5.90. The van der Waals surface area contributed by atoms with Gasteiger partial charge in [-0.3, -0.25) is 0 Å². The lowest BCUT2D eigenvalue weighted by Crippen LogP contribution is -2.29. The van der Waals surface area contributed by atoms with Gasteiger partial charge in [-0.15, -0.1) is 0 Å². The van der Waals surface area contributed by atoms with Crippen LogP contribution >= 0.6 is 11.6 Å². The second-order valence-corrected chi connectivity index (χ2v) is 8.68. The molecule has 0 spiro atoms. The first-order chi connectivity index (χ1) is 12.3. The summed E-state index contributed by atoms with van der Waals surface area (Å²) >= 11 is 6.26. The number of benzene rings is 2. The normalized spacial score (nSPS) is 19.0. The highest BCUT2D eigenvalue weighted by atomic mass is 35.5. The fraction of sp³-hybridized carbons (Fsp3) is 0.333. The Hall–Kier alpha value is -1.80. The third-order valence-corrected chi connectivity index (χ3v) is 5.96. The molecule has 4 rings (SSSR count). The summed E-state index contributed by atoms with van der Waals surface area (Å²) in [4.78, 5) is 2.37. The molecule has 1 unspecified atom stereocenters. The number of halogens is 1. The van der Waals surface area contributed by atoms with E-state index in [0.29, 0.717) is 18.2 Å². The van der Waals surface area contributed by atoms with Gasteiger partial charge in [0.05, 0.1) is 11.5 Å². The molecule has 0 saturated heterocycles. The molecule has 2 N–H and O–H groups in total. The second kappa shape index (κ2) is 6.42. The van der Waals surface area contributed by atoms with E-state index in [1.54, 1.807) is 12.1 Å². The smallest absolute Gasteiger partial charge is 0.238 e. The van der Waals surface area contributed by atoms with Gasteiger partial charge in [0.15, 0.2) is 6.79 Å². The maximum absolute atomic E-state index is 11.6. The van der Waals surface area contributed by atoms with Crippen molar-refractivity contribution < 1.29 is 17.9 Å². The zero-order chi connectivity index (χ0) is 18.5. The second-order valence-electron chi connectivity index (χ2n) is 6.68. The molecule has 0 aliphatic carbocycles. The molecule has 2 aromatic carbocycles. The van der Waals surface area contributed by atoms with E-state index >= 15 is 0 Å². The van der Waals surface area contributed by atoms with Gasteiger partial charge in [-0.2, -0.15) is 0 Å². The molecule has 0 bridgehead atoms. The van der Waals surface area contributed by atoms with Crippen LogP contribution in [0.3, 0.4) is 0 Å². The van der Waals surface area contributed by atoms with Crippen molar-refractivity contribution in [3.8, 4) is 5.75 Å². The van der Waals surface area contributed by atoms with Gasteiger partial charge >= 0.3 is 0 Å². The van der Waals surface area contributed by atoms with E-state index in [2.05, 4.69) is 11.8 Å². The Kier molecular flexibility index (Phi) is 4.35. The molecule has 138 valence electrons. The summed E-state index contributed by atoms with van der Waals surface area (Å²) in [5.74, 6) is 0.822. The Morgan fingerprint density at radius 3 is 2.85 bits per heavy atom. The van der Waals surface area contributed by atoms with Gasteiger partial charge in [0.2, 0.25) is 10.0 Å². The molecule has 0 amide bonds. The Morgan fingerprint density at radius 1 is 1.27 bits per heavy atom. The first-order valence-corrected chi connectivity index (χ1v) is 10.2. The van der Waals surface area contributed by atoms with E-state index < -0.39 is 10.0 Å². The predicted octanol–water partition coefficient (Wildman–Crippen LogP) is 2.81. The zero-order valence-corrected chi connectivity index (χ0v) is 15.8. The van der Waals surface area contributed by atoms with E-state index in [-0.39, 0.29) is 17.7 Å². The van der Waals surface area contributed by atoms with E-state index in [0.717, 1.165) is 34.5 Å². The summed E-state index contributed by atoms with van der Waals surface area (Å²) in [6, 6.07) is 9.03. The Labute approximate surface area is 157 Å². The minimum atomic E-state index is -3.71. The number of nitrogens with two attached hydrogens (primary N) is 1. The van der Waals surface area contributed by atoms with Crippen molar-refractivity contribution >= 4 is 27.3 Å². The number of sulfonamides is 1. The number of hydrogen-bond acceptors (Lipinski definition) is 5. The van der Waals surface area contributed by atoms with E-state index in [4.69, 9.17) is 26.2 Å². The molecule has 0 radical (unpaired) electrons. The highest BCUT2D eigenvalue weighted by Crippen LogP contribution is 2.38. The van der Waals surface area contributed by atoms with Gasteiger partial charge in [-0.1, -0.05) is 11.6 Å². The molecular formula is C18H19ClN2O4S. The summed E-state index contributed by atoms with van der Waals surface area (Å²) in [6.45, 7) is 3.43. The quantitative estimate of drug-likeness (QED) is 0.865. The largest absolute Gasteiger partial charge is 0.467 e. The monoisotopic (exact) mass is 394 g/mol. The number of fused-ring (bicyclic) bond motifs is 2. The van der Waals surface area contributed by atoms with E-state index in [9.17, 15) is 8.42 Å². The van der Waals surface area contributed by atoms with Crippen LogP contribution in [0.4, 0.5) is 5.69 Å². The Bertz CT molecular complexity index is 977. The molecule has 6 nitrogen and oxygen atoms in total. The van der Waals surface area contributed by atoms with Crippen LogP contribution in [0.15, 0.2) is 35.2 Å². The minimum absolute atomic E-state index is 0.144. The third kappa shape index (κ3) is 3.16. The van der Waals surface area contributed by atoms with Gasteiger partial charge in [-0.25, -0.2) is 13.6 Å². The fourth-order valence-corrected chi connectivity index (χ4v) is 4.47. The van der Waals surface area contributed by atoms with Crippen molar-refractivity contribution in [1.29, 1.82) is 0 Å². The average molecular weight is 395 g/mol. The first-order valence-electron chi connectivity index (χ1n) is 8.27. The molecule has 1 atom stereocenters. The lowest BCUT2D eigenvalue weighted by molar-refractivity contribution is -0.0170. The number of rotatable bonds is 3. The van der Waals surface area contributed by atoms with Crippen molar-refractivity contribution in [3.05, 3.63) is 52.0 Å². The molecule has 26 heavy (non-hydrogen) atoms. The lowest BCUT2D eigenvalue weighted by atomic mass is 10.1. The standard InChI is InChI=1S/C18H19ClN2O4S/c1-11-4-12-7-16(26(20,22)23)2-3-17(12)21(11)8-13-5-15(19)6-14-9-24-10-25-18(13)14/h2-3,5-7,11H,4,8-10H2,1H3,(H2,20,22,23).